The zero-order valence-corrected chi connectivity index (χ0v) is 17.1. The van der Waals surface area contributed by atoms with Crippen LogP contribution >= 0.6 is 11.8 Å². The summed E-state index contributed by atoms with van der Waals surface area (Å²) in [5.74, 6) is 0.476. The first kappa shape index (κ1) is 21.4. The van der Waals surface area contributed by atoms with Crippen LogP contribution in [0.4, 0.5) is 0 Å². The van der Waals surface area contributed by atoms with Crippen LogP contribution in [0.1, 0.15) is 34.1 Å². The Balaban J connectivity index is 2.06. The van der Waals surface area contributed by atoms with Crippen LogP contribution in [0, 0.1) is 0 Å². The normalized spacial score (nSPS) is 10.1. The lowest BCUT2D eigenvalue weighted by Gasteiger charge is -2.13. The molecule has 0 bridgehead atoms. The van der Waals surface area contributed by atoms with E-state index < -0.39 is 11.8 Å². The van der Waals surface area contributed by atoms with Crippen molar-refractivity contribution in [2.75, 3.05) is 27.1 Å². The highest BCUT2D eigenvalue weighted by Crippen LogP contribution is 2.28. The number of hydrazine groups is 1. The summed E-state index contributed by atoms with van der Waals surface area (Å²) in [6.45, 7) is 2.55. The molecule has 2 N–H and O–H groups in total. The van der Waals surface area contributed by atoms with Gasteiger partial charge in [-0.1, -0.05) is 6.92 Å². The predicted octanol–water partition coefficient (Wildman–Crippen LogP) is 3.29. The lowest BCUT2D eigenvalue weighted by Crippen LogP contribution is -2.41. The third-order valence-electron chi connectivity index (χ3n) is 3.83. The summed E-state index contributed by atoms with van der Waals surface area (Å²) < 4.78 is 16.1. The largest absolute Gasteiger partial charge is 0.496 e. The minimum absolute atomic E-state index is 0.321. The van der Waals surface area contributed by atoms with E-state index in [2.05, 4.69) is 10.9 Å². The van der Waals surface area contributed by atoms with Gasteiger partial charge in [-0.25, -0.2) is 0 Å². The maximum atomic E-state index is 12.4. The van der Waals surface area contributed by atoms with E-state index in [0.29, 0.717) is 35.0 Å². The number of nitrogens with one attached hydrogen (secondary N) is 2. The number of methoxy groups -OCH3 is 2. The Kier molecular flexibility index (Phi) is 8.01. The molecule has 0 spiro atoms. The molecule has 2 aromatic rings. The molecule has 0 radical (unpaired) electrons. The van der Waals surface area contributed by atoms with Crippen molar-refractivity contribution in [1.82, 2.24) is 10.9 Å². The van der Waals surface area contributed by atoms with E-state index in [4.69, 9.17) is 14.2 Å². The SMILES string of the molecule is CCCOc1ccc(C(=O)NNC(=O)c2ccc(SC)cc2OC)cc1OC. The number of ether oxygens (including phenoxy) is 3. The quantitative estimate of drug-likeness (QED) is 0.519. The topological polar surface area (TPSA) is 85.9 Å². The molecule has 2 rings (SSSR count). The van der Waals surface area contributed by atoms with Crippen molar-refractivity contribution in [1.29, 1.82) is 0 Å². The number of rotatable bonds is 8. The summed E-state index contributed by atoms with van der Waals surface area (Å²) in [6.07, 6.45) is 2.79. The zero-order valence-electron chi connectivity index (χ0n) is 16.3. The molecule has 0 saturated carbocycles. The van der Waals surface area contributed by atoms with Gasteiger partial charge in [0.1, 0.15) is 5.75 Å². The second kappa shape index (κ2) is 10.5. The summed E-state index contributed by atoms with van der Waals surface area (Å²) in [6, 6.07) is 10.0. The highest BCUT2D eigenvalue weighted by atomic mass is 32.2. The molecule has 2 amide bonds. The van der Waals surface area contributed by atoms with Gasteiger partial charge < -0.3 is 14.2 Å². The van der Waals surface area contributed by atoms with Crippen molar-refractivity contribution in [3.63, 3.8) is 0 Å². The van der Waals surface area contributed by atoms with E-state index in [1.165, 1.54) is 14.2 Å². The van der Waals surface area contributed by atoms with Crippen molar-refractivity contribution < 1.29 is 23.8 Å². The highest BCUT2D eigenvalue weighted by Gasteiger charge is 2.15. The lowest BCUT2D eigenvalue weighted by atomic mass is 10.2. The van der Waals surface area contributed by atoms with Crippen LogP contribution in [-0.4, -0.2) is 38.9 Å². The van der Waals surface area contributed by atoms with Gasteiger partial charge in [0.25, 0.3) is 11.8 Å². The first-order chi connectivity index (χ1) is 13.5. The average molecular weight is 404 g/mol. The van der Waals surface area contributed by atoms with Gasteiger partial charge in [-0.15, -0.1) is 11.8 Å². The molecule has 150 valence electrons. The van der Waals surface area contributed by atoms with Crippen LogP contribution in [-0.2, 0) is 0 Å². The Bertz CT molecular complexity index is 841. The molecular weight excluding hydrogens is 380 g/mol. The Morgan fingerprint density at radius 1 is 0.929 bits per heavy atom. The summed E-state index contributed by atoms with van der Waals surface area (Å²) >= 11 is 1.54. The Morgan fingerprint density at radius 3 is 2.29 bits per heavy atom. The highest BCUT2D eigenvalue weighted by molar-refractivity contribution is 7.98. The molecular formula is C20H24N2O5S. The van der Waals surface area contributed by atoms with Gasteiger partial charge in [-0.3, -0.25) is 20.4 Å². The van der Waals surface area contributed by atoms with E-state index in [-0.39, 0.29) is 0 Å². The van der Waals surface area contributed by atoms with Crippen LogP contribution in [0.5, 0.6) is 17.2 Å². The fraction of sp³-hybridized carbons (Fsp3) is 0.300. The summed E-state index contributed by atoms with van der Waals surface area (Å²) in [5.41, 5.74) is 5.44. The fourth-order valence-electron chi connectivity index (χ4n) is 2.38. The second-order valence-corrected chi connectivity index (χ2v) is 6.57. The maximum absolute atomic E-state index is 12.4. The lowest BCUT2D eigenvalue weighted by molar-refractivity contribution is 0.0844. The molecule has 2 aromatic carbocycles. The smallest absolute Gasteiger partial charge is 0.273 e. The van der Waals surface area contributed by atoms with E-state index in [9.17, 15) is 9.59 Å². The zero-order chi connectivity index (χ0) is 20.5. The van der Waals surface area contributed by atoms with Gasteiger partial charge in [-0.2, -0.15) is 0 Å². The molecule has 0 fully saturated rings. The van der Waals surface area contributed by atoms with Crippen LogP contribution in [0.25, 0.3) is 0 Å². The van der Waals surface area contributed by atoms with E-state index in [1.807, 2.05) is 19.2 Å². The third kappa shape index (κ3) is 5.32. The predicted molar refractivity (Wildman–Crippen MR) is 108 cm³/mol. The van der Waals surface area contributed by atoms with Gasteiger partial charge in [0.15, 0.2) is 11.5 Å². The molecule has 0 aliphatic carbocycles. The molecule has 0 aliphatic rings. The van der Waals surface area contributed by atoms with Crippen LogP contribution in [0.2, 0.25) is 0 Å². The molecule has 8 heteroatoms. The number of benzene rings is 2. The molecule has 7 nitrogen and oxygen atoms in total. The minimum Gasteiger partial charge on any atom is -0.496 e. The van der Waals surface area contributed by atoms with E-state index >= 15 is 0 Å². The molecule has 0 unspecified atom stereocenters. The number of carbonyl (C=O) groups excluding carboxylic acids is 2. The van der Waals surface area contributed by atoms with E-state index in [0.717, 1.165) is 11.3 Å². The maximum Gasteiger partial charge on any atom is 0.273 e. The van der Waals surface area contributed by atoms with Gasteiger partial charge in [0.05, 0.1) is 26.4 Å². The van der Waals surface area contributed by atoms with Crippen molar-refractivity contribution >= 4 is 23.6 Å². The first-order valence-corrected chi connectivity index (χ1v) is 9.90. The van der Waals surface area contributed by atoms with Crippen molar-refractivity contribution in [3.05, 3.63) is 47.5 Å². The second-order valence-electron chi connectivity index (χ2n) is 5.69. The van der Waals surface area contributed by atoms with Gasteiger partial charge in [0, 0.05) is 10.5 Å². The summed E-state index contributed by atoms with van der Waals surface area (Å²) in [4.78, 5) is 25.7. The molecule has 0 aliphatic heterocycles. The Morgan fingerprint density at radius 2 is 1.64 bits per heavy atom. The Hall–Kier alpha value is -2.87. The number of thioether (sulfide) groups is 1. The summed E-state index contributed by atoms with van der Waals surface area (Å²) in [5, 5.41) is 0. The van der Waals surface area contributed by atoms with Gasteiger partial charge >= 0.3 is 0 Å². The number of hydrogen-bond donors (Lipinski definition) is 2. The minimum atomic E-state index is -0.479. The first-order valence-electron chi connectivity index (χ1n) is 8.67. The Labute approximate surface area is 168 Å². The van der Waals surface area contributed by atoms with E-state index in [1.54, 1.807) is 42.1 Å². The third-order valence-corrected chi connectivity index (χ3v) is 4.56. The van der Waals surface area contributed by atoms with Crippen LogP contribution < -0.4 is 25.1 Å². The molecule has 0 heterocycles. The van der Waals surface area contributed by atoms with Crippen molar-refractivity contribution in [3.8, 4) is 17.2 Å². The molecule has 0 saturated heterocycles. The van der Waals surface area contributed by atoms with Gasteiger partial charge in [-0.05, 0) is 49.1 Å². The number of hydrogen-bond acceptors (Lipinski definition) is 6. The molecule has 0 atom stereocenters. The monoisotopic (exact) mass is 404 g/mol. The number of amides is 2. The van der Waals surface area contributed by atoms with Crippen molar-refractivity contribution in [2.24, 2.45) is 0 Å². The van der Waals surface area contributed by atoms with Crippen molar-refractivity contribution in [2.45, 2.75) is 18.2 Å². The fourth-order valence-corrected chi connectivity index (χ4v) is 2.81. The molecule has 0 aromatic heterocycles. The summed E-state index contributed by atoms with van der Waals surface area (Å²) in [7, 11) is 2.99. The van der Waals surface area contributed by atoms with Crippen LogP contribution in [0.3, 0.4) is 0 Å². The standard InChI is InChI=1S/C20H24N2O5S/c1-5-10-27-16-9-6-13(11-18(16)26-3)19(23)21-22-20(24)15-8-7-14(28-4)12-17(15)25-2/h6-9,11-12H,5,10H2,1-4H3,(H,21,23)(H,22,24). The van der Waals surface area contributed by atoms with Crippen LogP contribution in [0.15, 0.2) is 41.3 Å². The van der Waals surface area contributed by atoms with Gasteiger partial charge in [0.2, 0.25) is 0 Å². The number of carbonyl (C=O) groups is 2. The average Bonchev–Trinajstić information content (AvgIpc) is 2.74. The molecule has 28 heavy (non-hydrogen) atoms.